The maximum Gasteiger partial charge on any atom is 0.225 e. The highest BCUT2D eigenvalue weighted by atomic mass is 16.5. The Kier molecular flexibility index (Phi) is 4.79. The van der Waals surface area contributed by atoms with Crippen LogP contribution < -0.4 is 10.1 Å². The number of anilines is 1. The second kappa shape index (κ2) is 6.57. The van der Waals surface area contributed by atoms with E-state index in [1.54, 1.807) is 19.4 Å². The molecule has 0 saturated heterocycles. The Morgan fingerprint density at radius 2 is 2.33 bits per heavy atom. The topological polar surface area (TPSA) is 47.0 Å². The van der Waals surface area contributed by atoms with Crippen LogP contribution >= 0.6 is 0 Å². The molecule has 1 fully saturated rings. The molecule has 1 heterocycles. The van der Waals surface area contributed by atoms with E-state index in [0.717, 1.165) is 18.4 Å². The summed E-state index contributed by atoms with van der Waals surface area (Å²) in [4.78, 5) is 8.43. The minimum absolute atomic E-state index is 0.610. The Hall–Kier alpha value is -1.32. The van der Waals surface area contributed by atoms with Gasteiger partial charge in [0, 0.05) is 18.8 Å². The number of hydrogen-bond donors (Lipinski definition) is 1. The van der Waals surface area contributed by atoms with Gasteiger partial charge in [0.15, 0.2) is 0 Å². The van der Waals surface area contributed by atoms with Crippen LogP contribution in [-0.2, 0) is 0 Å². The predicted molar refractivity (Wildman–Crippen MR) is 72.8 cm³/mol. The number of hydrogen-bond acceptors (Lipinski definition) is 4. The molecule has 1 aliphatic rings. The first-order chi connectivity index (χ1) is 8.78. The van der Waals surface area contributed by atoms with E-state index in [4.69, 9.17) is 4.74 Å². The molecule has 4 nitrogen and oxygen atoms in total. The van der Waals surface area contributed by atoms with Gasteiger partial charge in [-0.25, -0.2) is 4.98 Å². The van der Waals surface area contributed by atoms with Crippen LogP contribution in [-0.4, -0.2) is 23.6 Å². The SMILES string of the molecule is COc1ccnc(NCCC2CCCC(C)C2)n1. The molecule has 0 amide bonds. The van der Waals surface area contributed by atoms with Crippen molar-refractivity contribution in [2.75, 3.05) is 19.0 Å². The fraction of sp³-hybridized carbons (Fsp3) is 0.714. The van der Waals surface area contributed by atoms with Crippen molar-refractivity contribution in [3.05, 3.63) is 12.3 Å². The number of methoxy groups -OCH3 is 1. The Bertz CT molecular complexity index is 370. The number of nitrogens with zero attached hydrogens (tertiary/aromatic N) is 2. The lowest BCUT2D eigenvalue weighted by Gasteiger charge is -2.26. The van der Waals surface area contributed by atoms with Crippen molar-refractivity contribution in [2.24, 2.45) is 11.8 Å². The molecule has 0 radical (unpaired) electrons. The zero-order valence-corrected chi connectivity index (χ0v) is 11.4. The molecule has 4 heteroatoms. The quantitative estimate of drug-likeness (QED) is 0.871. The van der Waals surface area contributed by atoms with Crippen molar-refractivity contribution in [3.8, 4) is 5.88 Å². The van der Waals surface area contributed by atoms with Crippen LogP contribution in [0.15, 0.2) is 12.3 Å². The highest BCUT2D eigenvalue weighted by Crippen LogP contribution is 2.30. The van der Waals surface area contributed by atoms with E-state index in [1.165, 1.54) is 32.1 Å². The van der Waals surface area contributed by atoms with E-state index < -0.39 is 0 Å². The molecule has 0 spiro atoms. The molecule has 0 aliphatic heterocycles. The summed E-state index contributed by atoms with van der Waals surface area (Å²) >= 11 is 0. The van der Waals surface area contributed by atoms with E-state index in [1.807, 2.05) is 0 Å². The molecule has 1 aliphatic carbocycles. The van der Waals surface area contributed by atoms with Crippen LogP contribution in [0.1, 0.15) is 39.0 Å². The maximum atomic E-state index is 5.07. The average molecular weight is 249 g/mol. The van der Waals surface area contributed by atoms with Crippen molar-refractivity contribution in [2.45, 2.75) is 39.0 Å². The second-order valence-corrected chi connectivity index (χ2v) is 5.28. The third-order valence-electron chi connectivity index (χ3n) is 3.72. The molecular formula is C14H23N3O. The smallest absolute Gasteiger partial charge is 0.225 e. The van der Waals surface area contributed by atoms with Crippen LogP contribution in [0.4, 0.5) is 5.95 Å². The Balaban J connectivity index is 1.74. The number of aromatic nitrogens is 2. The van der Waals surface area contributed by atoms with E-state index in [2.05, 4.69) is 22.2 Å². The van der Waals surface area contributed by atoms with Gasteiger partial charge in [-0.15, -0.1) is 0 Å². The summed E-state index contributed by atoms with van der Waals surface area (Å²) in [6, 6.07) is 1.76. The minimum Gasteiger partial charge on any atom is -0.481 e. The average Bonchev–Trinajstić information content (AvgIpc) is 2.39. The van der Waals surface area contributed by atoms with Gasteiger partial charge >= 0.3 is 0 Å². The van der Waals surface area contributed by atoms with Crippen molar-refractivity contribution in [3.63, 3.8) is 0 Å². The zero-order valence-electron chi connectivity index (χ0n) is 11.4. The molecule has 1 aromatic rings. The molecule has 2 unspecified atom stereocenters. The zero-order chi connectivity index (χ0) is 12.8. The molecule has 100 valence electrons. The second-order valence-electron chi connectivity index (χ2n) is 5.28. The molecule has 1 N–H and O–H groups in total. The van der Waals surface area contributed by atoms with Crippen molar-refractivity contribution >= 4 is 5.95 Å². The highest BCUT2D eigenvalue weighted by molar-refractivity contribution is 5.27. The van der Waals surface area contributed by atoms with Crippen LogP contribution in [0.2, 0.25) is 0 Å². The van der Waals surface area contributed by atoms with E-state index in [9.17, 15) is 0 Å². The molecule has 1 aromatic heterocycles. The summed E-state index contributed by atoms with van der Waals surface area (Å²) in [6.45, 7) is 3.31. The molecule has 1 saturated carbocycles. The molecule has 0 bridgehead atoms. The van der Waals surface area contributed by atoms with Crippen molar-refractivity contribution < 1.29 is 4.74 Å². The van der Waals surface area contributed by atoms with Gasteiger partial charge in [0.25, 0.3) is 0 Å². The van der Waals surface area contributed by atoms with E-state index in [0.29, 0.717) is 11.8 Å². The molecule has 0 aromatic carbocycles. The number of ether oxygens (including phenoxy) is 1. The van der Waals surface area contributed by atoms with Crippen LogP contribution in [0.5, 0.6) is 5.88 Å². The van der Waals surface area contributed by atoms with Crippen LogP contribution in [0.25, 0.3) is 0 Å². The van der Waals surface area contributed by atoms with E-state index >= 15 is 0 Å². The molecular weight excluding hydrogens is 226 g/mol. The van der Waals surface area contributed by atoms with E-state index in [-0.39, 0.29) is 0 Å². The monoisotopic (exact) mass is 249 g/mol. The summed E-state index contributed by atoms with van der Waals surface area (Å²) < 4.78 is 5.07. The summed E-state index contributed by atoms with van der Waals surface area (Å²) in [5.74, 6) is 3.04. The Morgan fingerprint density at radius 3 is 3.11 bits per heavy atom. The lowest BCUT2D eigenvalue weighted by atomic mass is 9.81. The summed E-state index contributed by atoms with van der Waals surface area (Å²) in [6.07, 6.45) is 8.48. The summed E-state index contributed by atoms with van der Waals surface area (Å²) in [5.41, 5.74) is 0. The van der Waals surface area contributed by atoms with Gasteiger partial charge in [0.05, 0.1) is 7.11 Å². The number of rotatable bonds is 5. The third kappa shape index (κ3) is 3.86. The predicted octanol–water partition coefficient (Wildman–Crippen LogP) is 3.11. The minimum atomic E-state index is 0.610. The largest absolute Gasteiger partial charge is 0.481 e. The molecule has 2 atom stereocenters. The number of nitrogens with one attached hydrogen (secondary N) is 1. The Morgan fingerprint density at radius 1 is 1.44 bits per heavy atom. The first-order valence-electron chi connectivity index (χ1n) is 6.89. The lowest BCUT2D eigenvalue weighted by Crippen LogP contribution is -2.17. The van der Waals surface area contributed by atoms with Gasteiger partial charge < -0.3 is 10.1 Å². The maximum absolute atomic E-state index is 5.07. The summed E-state index contributed by atoms with van der Waals surface area (Å²) in [7, 11) is 1.62. The first-order valence-corrected chi connectivity index (χ1v) is 6.89. The normalized spacial score (nSPS) is 23.7. The van der Waals surface area contributed by atoms with Crippen LogP contribution in [0, 0.1) is 11.8 Å². The highest BCUT2D eigenvalue weighted by Gasteiger charge is 2.18. The van der Waals surface area contributed by atoms with Gasteiger partial charge in [0.1, 0.15) is 0 Å². The fourth-order valence-electron chi connectivity index (χ4n) is 2.75. The molecule has 2 rings (SSSR count). The Labute approximate surface area is 109 Å². The van der Waals surface area contributed by atoms with Gasteiger partial charge in [-0.05, 0) is 24.7 Å². The van der Waals surface area contributed by atoms with Crippen LogP contribution in [0.3, 0.4) is 0 Å². The standard InChI is InChI=1S/C14H23N3O/c1-11-4-3-5-12(10-11)6-8-15-14-16-9-7-13(17-14)18-2/h7,9,11-12H,3-6,8,10H2,1-2H3,(H,15,16,17). The lowest BCUT2D eigenvalue weighted by molar-refractivity contribution is 0.274. The molecule has 18 heavy (non-hydrogen) atoms. The van der Waals surface area contributed by atoms with Gasteiger partial charge in [-0.3, -0.25) is 0 Å². The fourth-order valence-corrected chi connectivity index (χ4v) is 2.75. The summed E-state index contributed by atoms with van der Waals surface area (Å²) in [5, 5.41) is 3.28. The van der Waals surface area contributed by atoms with Gasteiger partial charge in [-0.2, -0.15) is 4.98 Å². The van der Waals surface area contributed by atoms with Crippen molar-refractivity contribution in [1.29, 1.82) is 0 Å². The first kappa shape index (κ1) is 13.1. The third-order valence-corrected chi connectivity index (χ3v) is 3.72. The van der Waals surface area contributed by atoms with Gasteiger partial charge in [-0.1, -0.05) is 26.2 Å². The van der Waals surface area contributed by atoms with Gasteiger partial charge in [0.2, 0.25) is 11.8 Å². The van der Waals surface area contributed by atoms with Crippen molar-refractivity contribution in [1.82, 2.24) is 9.97 Å².